The van der Waals surface area contributed by atoms with E-state index >= 15 is 0 Å². The van der Waals surface area contributed by atoms with Gasteiger partial charge in [0.1, 0.15) is 5.82 Å². The summed E-state index contributed by atoms with van der Waals surface area (Å²) < 4.78 is 13.0. The van der Waals surface area contributed by atoms with Gasteiger partial charge in [0.15, 0.2) is 0 Å². The van der Waals surface area contributed by atoms with Crippen LogP contribution in [0.15, 0.2) is 41.8 Å². The first kappa shape index (κ1) is 14.0. The highest BCUT2D eigenvalue weighted by molar-refractivity contribution is 7.10. The maximum atomic E-state index is 13.0. The van der Waals surface area contributed by atoms with Gasteiger partial charge in [0.05, 0.1) is 0 Å². The molecule has 2 rings (SSSR count). The van der Waals surface area contributed by atoms with E-state index in [0.29, 0.717) is 6.04 Å². The zero-order chi connectivity index (χ0) is 13.7. The molecule has 2 nitrogen and oxygen atoms in total. The SMILES string of the molecule is CC(c1cccs1)N(C)CCNc1cccc(F)c1. The predicted octanol–water partition coefficient (Wildman–Crippen LogP) is 3.99. The third-order valence-corrected chi connectivity index (χ3v) is 4.28. The van der Waals surface area contributed by atoms with Gasteiger partial charge in [0.2, 0.25) is 0 Å². The van der Waals surface area contributed by atoms with Crippen LogP contribution in [0.2, 0.25) is 0 Å². The second-order valence-corrected chi connectivity index (χ2v) is 5.59. The maximum absolute atomic E-state index is 13.0. The number of halogens is 1. The summed E-state index contributed by atoms with van der Waals surface area (Å²) in [7, 11) is 2.11. The van der Waals surface area contributed by atoms with Crippen LogP contribution in [0.3, 0.4) is 0 Å². The van der Waals surface area contributed by atoms with Crippen molar-refractivity contribution >= 4 is 17.0 Å². The van der Waals surface area contributed by atoms with E-state index in [0.717, 1.165) is 18.8 Å². The molecule has 19 heavy (non-hydrogen) atoms. The molecule has 102 valence electrons. The molecule has 1 heterocycles. The van der Waals surface area contributed by atoms with Gasteiger partial charge < -0.3 is 5.32 Å². The van der Waals surface area contributed by atoms with Crippen molar-refractivity contribution < 1.29 is 4.39 Å². The lowest BCUT2D eigenvalue weighted by molar-refractivity contribution is 0.275. The van der Waals surface area contributed by atoms with Crippen molar-refractivity contribution in [2.75, 3.05) is 25.5 Å². The van der Waals surface area contributed by atoms with Gasteiger partial charge in [0, 0.05) is 29.7 Å². The number of nitrogens with one attached hydrogen (secondary N) is 1. The Labute approximate surface area is 117 Å². The van der Waals surface area contributed by atoms with Gasteiger partial charge in [-0.05, 0) is 43.6 Å². The quantitative estimate of drug-likeness (QED) is 0.859. The van der Waals surface area contributed by atoms with Gasteiger partial charge in [0.25, 0.3) is 0 Å². The Bertz CT molecular complexity index is 499. The van der Waals surface area contributed by atoms with Crippen molar-refractivity contribution in [3.05, 3.63) is 52.5 Å². The van der Waals surface area contributed by atoms with E-state index in [4.69, 9.17) is 0 Å². The van der Waals surface area contributed by atoms with E-state index in [2.05, 4.69) is 41.7 Å². The lowest BCUT2D eigenvalue weighted by atomic mass is 10.2. The summed E-state index contributed by atoms with van der Waals surface area (Å²) in [6.07, 6.45) is 0. The topological polar surface area (TPSA) is 15.3 Å². The highest BCUT2D eigenvalue weighted by Gasteiger charge is 2.11. The molecule has 0 spiro atoms. The first-order valence-corrected chi connectivity index (χ1v) is 7.28. The van der Waals surface area contributed by atoms with E-state index in [1.54, 1.807) is 17.4 Å². The molecule has 4 heteroatoms. The third-order valence-electron chi connectivity index (χ3n) is 3.23. The van der Waals surface area contributed by atoms with Gasteiger partial charge in [-0.15, -0.1) is 11.3 Å². The molecule has 1 atom stereocenters. The fraction of sp³-hybridized carbons (Fsp3) is 0.333. The van der Waals surface area contributed by atoms with Crippen molar-refractivity contribution in [3.8, 4) is 0 Å². The number of anilines is 1. The van der Waals surface area contributed by atoms with Crippen molar-refractivity contribution in [3.63, 3.8) is 0 Å². The van der Waals surface area contributed by atoms with E-state index in [1.165, 1.54) is 17.0 Å². The van der Waals surface area contributed by atoms with Crippen LogP contribution >= 0.6 is 11.3 Å². The van der Waals surface area contributed by atoms with Crippen molar-refractivity contribution in [1.82, 2.24) is 4.90 Å². The van der Waals surface area contributed by atoms with Crippen molar-refractivity contribution in [2.45, 2.75) is 13.0 Å². The Hall–Kier alpha value is -1.39. The smallest absolute Gasteiger partial charge is 0.125 e. The van der Waals surface area contributed by atoms with Gasteiger partial charge in [-0.1, -0.05) is 12.1 Å². The number of hydrogen-bond acceptors (Lipinski definition) is 3. The van der Waals surface area contributed by atoms with E-state index < -0.39 is 0 Å². The summed E-state index contributed by atoms with van der Waals surface area (Å²) >= 11 is 1.78. The highest BCUT2D eigenvalue weighted by Crippen LogP contribution is 2.22. The number of likely N-dealkylation sites (N-methyl/N-ethyl adjacent to an activating group) is 1. The molecular weight excluding hydrogens is 259 g/mol. The summed E-state index contributed by atoms with van der Waals surface area (Å²) in [5, 5.41) is 5.34. The molecule has 0 radical (unpaired) electrons. The van der Waals surface area contributed by atoms with Crippen LogP contribution in [-0.2, 0) is 0 Å². The van der Waals surface area contributed by atoms with Crippen LogP contribution in [0.4, 0.5) is 10.1 Å². The molecular formula is C15H19FN2S. The molecule has 1 aromatic carbocycles. The monoisotopic (exact) mass is 278 g/mol. The van der Waals surface area contributed by atoms with Gasteiger partial charge in [-0.25, -0.2) is 4.39 Å². The van der Waals surface area contributed by atoms with Gasteiger partial charge in [-0.3, -0.25) is 4.90 Å². The molecule has 0 aliphatic rings. The molecule has 0 saturated heterocycles. The second-order valence-electron chi connectivity index (χ2n) is 4.61. The minimum Gasteiger partial charge on any atom is -0.384 e. The normalized spacial score (nSPS) is 12.6. The first-order valence-electron chi connectivity index (χ1n) is 6.40. The lowest BCUT2D eigenvalue weighted by Crippen LogP contribution is -2.27. The molecule has 2 aromatic rings. The molecule has 1 unspecified atom stereocenters. The van der Waals surface area contributed by atoms with Gasteiger partial charge >= 0.3 is 0 Å². The summed E-state index contributed by atoms with van der Waals surface area (Å²) in [5.74, 6) is -0.203. The number of benzene rings is 1. The van der Waals surface area contributed by atoms with Crippen molar-refractivity contribution in [1.29, 1.82) is 0 Å². The van der Waals surface area contributed by atoms with Gasteiger partial charge in [-0.2, -0.15) is 0 Å². The van der Waals surface area contributed by atoms with Crippen LogP contribution < -0.4 is 5.32 Å². The van der Waals surface area contributed by atoms with E-state index in [1.807, 2.05) is 6.07 Å². The summed E-state index contributed by atoms with van der Waals surface area (Å²) in [6, 6.07) is 11.2. The Morgan fingerprint density at radius 3 is 2.84 bits per heavy atom. The molecule has 0 bridgehead atoms. The summed E-state index contributed by atoms with van der Waals surface area (Å²) in [4.78, 5) is 3.66. The Kier molecular flexibility index (Phi) is 4.93. The molecule has 1 N–H and O–H groups in total. The fourth-order valence-electron chi connectivity index (χ4n) is 1.91. The molecule has 0 saturated carbocycles. The van der Waals surface area contributed by atoms with Crippen LogP contribution in [-0.4, -0.2) is 25.0 Å². The second kappa shape index (κ2) is 6.68. The lowest BCUT2D eigenvalue weighted by Gasteiger charge is -2.24. The molecule has 0 fully saturated rings. The fourth-order valence-corrected chi connectivity index (χ4v) is 2.76. The third kappa shape index (κ3) is 4.04. The van der Waals surface area contributed by atoms with E-state index in [-0.39, 0.29) is 5.82 Å². The standard InChI is InChI=1S/C15H19FN2S/c1-12(15-7-4-10-19-15)18(2)9-8-17-14-6-3-5-13(16)11-14/h3-7,10-12,17H,8-9H2,1-2H3. The Morgan fingerprint density at radius 1 is 1.32 bits per heavy atom. The molecule has 1 aromatic heterocycles. The molecule has 0 aliphatic heterocycles. The first-order chi connectivity index (χ1) is 9.16. The number of hydrogen-bond donors (Lipinski definition) is 1. The Morgan fingerprint density at radius 2 is 2.16 bits per heavy atom. The van der Waals surface area contributed by atoms with E-state index in [9.17, 15) is 4.39 Å². The summed E-state index contributed by atoms with van der Waals surface area (Å²) in [6.45, 7) is 3.92. The van der Waals surface area contributed by atoms with Crippen LogP contribution in [0.25, 0.3) is 0 Å². The van der Waals surface area contributed by atoms with Crippen LogP contribution in [0.1, 0.15) is 17.8 Å². The average Bonchev–Trinajstić information content (AvgIpc) is 2.91. The molecule has 0 aliphatic carbocycles. The largest absolute Gasteiger partial charge is 0.384 e. The zero-order valence-electron chi connectivity index (χ0n) is 11.3. The number of rotatable bonds is 6. The minimum atomic E-state index is -0.203. The highest BCUT2D eigenvalue weighted by atomic mass is 32.1. The summed E-state index contributed by atoms with van der Waals surface area (Å²) in [5.41, 5.74) is 0.831. The Balaban J connectivity index is 1.79. The minimum absolute atomic E-state index is 0.203. The predicted molar refractivity (Wildman–Crippen MR) is 80.3 cm³/mol. The maximum Gasteiger partial charge on any atom is 0.125 e. The number of thiophene rings is 1. The van der Waals surface area contributed by atoms with Crippen molar-refractivity contribution in [2.24, 2.45) is 0 Å². The van der Waals surface area contributed by atoms with Crippen LogP contribution in [0.5, 0.6) is 0 Å². The molecule has 0 amide bonds. The number of nitrogens with zero attached hydrogens (tertiary/aromatic N) is 1. The van der Waals surface area contributed by atoms with Crippen LogP contribution in [0, 0.1) is 5.82 Å². The zero-order valence-corrected chi connectivity index (χ0v) is 12.1. The average molecular weight is 278 g/mol.